The summed E-state index contributed by atoms with van der Waals surface area (Å²) in [5.41, 5.74) is 2.56. The number of carbonyl (C=O) groups excluding carboxylic acids is 1. The Labute approximate surface area is 225 Å². The Hall–Kier alpha value is -3.82. The van der Waals surface area contributed by atoms with Crippen LogP contribution in [0.5, 0.6) is 11.5 Å². The molecule has 38 heavy (non-hydrogen) atoms. The van der Waals surface area contributed by atoms with Crippen LogP contribution in [-0.4, -0.2) is 50.4 Å². The summed E-state index contributed by atoms with van der Waals surface area (Å²) in [4.78, 5) is 28.2. The zero-order valence-electron chi connectivity index (χ0n) is 21.1. The van der Waals surface area contributed by atoms with Crippen molar-refractivity contribution in [1.29, 1.82) is 0 Å². The van der Waals surface area contributed by atoms with Crippen LogP contribution in [0.4, 0.5) is 15.8 Å². The number of halogens is 2. The molecule has 200 valence electrons. The van der Waals surface area contributed by atoms with Gasteiger partial charge in [-0.3, -0.25) is 4.79 Å². The standard InChI is InChI=1S/C28H28ClFN2O6/c1-18(33)32(22-6-7-25(23(15-22)28(34)35)31-9-11-37-12-10-31)16-19-3-8-26(27(13-19)36-2)38-17-20-4-5-21(30)14-24(20)29/h3-8,13-15H,9-12,16-17H2,1-2H3,(H,34,35). The van der Waals surface area contributed by atoms with Crippen molar-refractivity contribution >= 4 is 34.9 Å². The summed E-state index contributed by atoms with van der Waals surface area (Å²) in [5.74, 6) is -0.846. The lowest BCUT2D eigenvalue weighted by Gasteiger charge is -2.31. The van der Waals surface area contributed by atoms with Gasteiger partial charge in [0.15, 0.2) is 11.5 Å². The molecule has 3 aromatic carbocycles. The topological polar surface area (TPSA) is 88.5 Å². The molecule has 4 rings (SSSR count). The number of aromatic carboxylic acids is 1. The third-order valence-corrected chi connectivity index (χ3v) is 6.57. The molecule has 1 heterocycles. The second-order valence-corrected chi connectivity index (χ2v) is 9.13. The molecule has 0 spiro atoms. The maximum absolute atomic E-state index is 13.3. The molecule has 1 saturated heterocycles. The number of hydrogen-bond acceptors (Lipinski definition) is 6. The van der Waals surface area contributed by atoms with E-state index in [1.165, 1.54) is 37.1 Å². The summed E-state index contributed by atoms with van der Waals surface area (Å²) in [7, 11) is 1.50. The fourth-order valence-corrected chi connectivity index (χ4v) is 4.46. The van der Waals surface area contributed by atoms with Gasteiger partial charge in [0.05, 0.1) is 43.1 Å². The van der Waals surface area contributed by atoms with Gasteiger partial charge in [0, 0.05) is 31.3 Å². The van der Waals surface area contributed by atoms with Gasteiger partial charge in [-0.25, -0.2) is 9.18 Å². The number of morpholine rings is 1. The van der Waals surface area contributed by atoms with Gasteiger partial charge in [0.2, 0.25) is 5.91 Å². The minimum absolute atomic E-state index is 0.113. The SMILES string of the molecule is COc1cc(CN(C(C)=O)c2ccc(N3CCOCC3)c(C(=O)O)c2)ccc1OCc1ccc(F)cc1Cl. The lowest BCUT2D eigenvalue weighted by Crippen LogP contribution is -2.37. The minimum Gasteiger partial charge on any atom is -0.493 e. The first-order valence-corrected chi connectivity index (χ1v) is 12.4. The average Bonchev–Trinajstić information content (AvgIpc) is 2.91. The predicted octanol–water partition coefficient (Wildman–Crippen LogP) is 5.15. The molecular weight excluding hydrogens is 515 g/mol. The van der Waals surface area contributed by atoms with Gasteiger partial charge < -0.3 is 29.1 Å². The molecule has 1 fully saturated rings. The molecule has 1 amide bonds. The number of benzene rings is 3. The molecule has 0 bridgehead atoms. The summed E-state index contributed by atoms with van der Waals surface area (Å²) >= 11 is 6.09. The third kappa shape index (κ3) is 6.35. The van der Waals surface area contributed by atoms with Crippen LogP contribution in [-0.2, 0) is 22.7 Å². The van der Waals surface area contributed by atoms with Crippen molar-refractivity contribution in [1.82, 2.24) is 0 Å². The van der Waals surface area contributed by atoms with E-state index >= 15 is 0 Å². The van der Waals surface area contributed by atoms with Crippen LogP contribution >= 0.6 is 11.6 Å². The molecule has 0 atom stereocenters. The van der Waals surface area contributed by atoms with E-state index in [1.54, 1.807) is 36.4 Å². The van der Waals surface area contributed by atoms with E-state index in [9.17, 15) is 19.1 Å². The van der Waals surface area contributed by atoms with Crippen molar-refractivity contribution in [2.45, 2.75) is 20.1 Å². The van der Waals surface area contributed by atoms with Gasteiger partial charge in [0.25, 0.3) is 0 Å². The fraction of sp³-hybridized carbons (Fsp3) is 0.286. The zero-order valence-corrected chi connectivity index (χ0v) is 21.8. The van der Waals surface area contributed by atoms with Gasteiger partial charge in [-0.2, -0.15) is 0 Å². The highest BCUT2D eigenvalue weighted by atomic mass is 35.5. The Morgan fingerprint density at radius 3 is 2.50 bits per heavy atom. The highest BCUT2D eigenvalue weighted by Gasteiger charge is 2.22. The Kier molecular flexibility index (Phi) is 8.70. The largest absolute Gasteiger partial charge is 0.493 e. The number of carboxylic acid groups (broad SMARTS) is 1. The van der Waals surface area contributed by atoms with Crippen LogP contribution in [0.25, 0.3) is 0 Å². The summed E-state index contributed by atoms with van der Waals surface area (Å²) in [5, 5.41) is 10.1. The number of methoxy groups -OCH3 is 1. The molecule has 3 aromatic rings. The number of anilines is 2. The van der Waals surface area contributed by atoms with E-state index < -0.39 is 11.8 Å². The first-order chi connectivity index (χ1) is 18.3. The number of nitrogens with zero attached hydrogens (tertiary/aromatic N) is 2. The molecular formula is C28H28ClFN2O6. The van der Waals surface area contributed by atoms with Gasteiger partial charge in [-0.1, -0.05) is 23.7 Å². The van der Waals surface area contributed by atoms with E-state index in [0.717, 1.165) is 5.56 Å². The van der Waals surface area contributed by atoms with Crippen LogP contribution in [0.1, 0.15) is 28.4 Å². The van der Waals surface area contributed by atoms with E-state index in [2.05, 4.69) is 0 Å². The summed E-state index contributed by atoms with van der Waals surface area (Å²) in [6, 6.07) is 14.4. The monoisotopic (exact) mass is 542 g/mol. The smallest absolute Gasteiger partial charge is 0.337 e. The van der Waals surface area contributed by atoms with E-state index in [-0.39, 0.29) is 29.6 Å². The Morgan fingerprint density at radius 1 is 1.08 bits per heavy atom. The van der Waals surface area contributed by atoms with Crippen LogP contribution < -0.4 is 19.3 Å². The molecule has 1 N–H and O–H groups in total. The highest BCUT2D eigenvalue weighted by Crippen LogP contribution is 2.32. The molecule has 0 saturated carbocycles. The number of ether oxygens (including phenoxy) is 3. The average molecular weight is 543 g/mol. The lowest BCUT2D eigenvalue weighted by atomic mass is 10.1. The van der Waals surface area contributed by atoms with Gasteiger partial charge in [-0.15, -0.1) is 0 Å². The van der Waals surface area contributed by atoms with Crippen molar-refractivity contribution in [2.75, 3.05) is 43.2 Å². The van der Waals surface area contributed by atoms with Gasteiger partial charge in [-0.05, 0) is 48.0 Å². The van der Waals surface area contributed by atoms with Crippen LogP contribution in [0.15, 0.2) is 54.6 Å². The third-order valence-electron chi connectivity index (χ3n) is 6.22. The second-order valence-electron chi connectivity index (χ2n) is 8.72. The van der Waals surface area contributed by atoms with Crippen LogP contribution in [0.2, 0.25) is 5.02 Å². The predicted molar refractivity (Wildman–Crippen MR) is 142 cm³/mol. The lowest BCUT2D eigenvalue weighted by molar-refractivity contribution is -0.116. The normalized spacial score (nSPS) is 13.2. The fourth-order valence-electron chi connectivity index (χ4n) is 4.23. The van der Waals surface area contributed by atoms with E-state index in [4.69, 9.17) is 25.8 Å². The molecule has 1 aliphatic heterocycles. The Balaban J connectivity index is 1.55. The van der Waals surface area contributed by atoms with Crippen molar-refractivity contribution in [3.63, 3.8) is 0 Å². The number of rotatable bonds is 9. The quantitative estimate of drug-likeness (QED) is 0.400. The van der Waals surface area contributed by atoms with Crippen molar-refractivity contribution < 1.29 is 33.3 Å². The van der Waals surface area contributed by atoms with Crippen molar-refractivity contribution in [3.05, 3.63) is 82.1 Å². The Morgan fingerprint density at radius 2 is 1.84 bits per heavy atom. The summed E-state index contributed by atoms with van der Waals surface area (Å²) < 4.78 is 30.0. The molecule has 0 aliphatic carbocycles. The van der Waals surface area contributed by atoms with Gasteiger partial charge in [0.1, 0.15) is 12.4 Å². The van der Waals surface area contributed by atoms with Gasteiger partial charge >= 0.3 is 5.97 Å². The van der Waals surface area contributed by atoms with Crippen LogP contribution in [0, 0.1) is 5.82 Å². The second kappa shape index (κ2) is 12.1. The number of carbonyl (C=O) groups is 2. The molecule has 8 nitrogen and oxygen atoms in total. The Bertz CT molecular complexity index is 1330. The van der Waals surface area contributed by atoms with Crippen LogP contribution in [0.3, 0.4) is 0 Å². The number of carboxylic acids is 1. The molecule has 0 aromatic heterocycles. The summed E-state index contributed by atoms with van der Waals surface area (Å²) in [6.45, 7) is 3.97. The van der Waals surface area contributed by atoms with E-state index in [0.29, 0.717) is 54.7 Å². The minimum atomic E-state index is -1.07. The maximum atomic E-state index is 13.3. The maximum Gasteiger partial charge on any atom is 0.337 e. The van der Waals surface area contributed by atoms with Crippen molar-refractivity contribution in [2.24, 2.45) is 0 Å². The summed E-state index contributed by atoms with van der Waals surface area (Å²) in [6.07, 6.45) is 0. The molecule has 1 aliphatic rings. The first kappa shape index (κ1) is 27.2. The molecule has 0 radical (unpaired) electrons. The highest BCUT2D eigenvalue weighted by molar-refractivity contribution is 6.31. The number of amides is 1. The number of hydrogen-bond donors (Lipinski definition) is 1. The first-order valence-electron chi connectivity index (χ1n) is 12.0. The molecule has 0 unspecified atom stereocenters. The van der Waals surface area contributed by atoms with Crippen molar-refractivity contribution in [3.8, 4) is 11.5 Å². The van der Waals surface area contributed by atoms with E-state index in [1.807, 2.05) is 4.90 Å². The molecule has 10 heteroatoms. The zero-order chi connectivity index (χ0) is 27.2.